The molecule has 5 rings (SSSR count). The normalized spacial score (nSPS) is 11.4. The Balaban J connectivity index is 1.59. The summed E-state index contributed by atoms with van der Waals surface area (Å²) in [6.45, 7) is 0. The van der Waals surface area contributed by atoms with Crippen molar-refractivity contribution in [3.8, 4) is 0 Å². The molecular formula is C31H21N9O8. The second-order valence-electron chi connectivity index (χ2n) is 9.72. The first kappa shape index (κ1) is 32.0. The Hall–Kier alpha value is -7.43. The summed E-state index contributed by atoms with van der Waals surface area (Å²) in [7, 11) is 0. The Morgan fingerprint density at radius 3 is 1.25 bits per heavy atom. The molecule has 0 aliphatic heterocycles. The standard InChI is InChI=1S/C31H21N9O8/c41-37(42)22-14-16-24(28(18-22)39(45)46)33-35-30(20-8-3-1-4-9-20)26-12-7-13-27(32-26)31(21-10-5-2-6-11-21)36-34-25-17-15-23(38(43)44)19-29(25)40(47)48/h1-19,33-34H/b35-30-,36-31-. The average Bonchev–Trinajstić information content (AvgIpc) is 3.09. The lowest BCUT2D eigenvalue weighted by Crippen LogP contribution is -2.14. The first-order chi connectivity index (χ1) is 23.1. The van der Waals surface area contributed by atoms with Gasteiger partial charge in [0.2, 0.25) is 0 Å². The van der Waals surface area contributed by atoms with Gasteiger partial charge in [0.1, 0.15) is 22.8 Å². The molecule has 0 radical (unpaired) electrons. The van der Waals surface area contributed by atoms with Gasteiger partial charge >= 0.3 is 11.4 Å². The number of anilines is 2. The Bertz CT molecular complexity index is 1960. The number of nitrogens with zero attached hydrogens (tertiary/aromatic N) is 7. The molecule has 238 valence electrons. The number of nitro benzene ring substituents is 4. The van der Waals surface area contributed by atoms with Crippen LogP contribution in [-0.4, -0.2) is 36.1 Å². The van der Waals surface area contributed by atoms with E-state index in [4.69, 9.17) is 4.98 Å². The van der Waals surface area contributed by atoms with Crippen molar-refractivity contribution >= 4 is 45.5 Å². The molecule has 0 aliphatic rings. The van der Waals surface area contributed by atoms with Crippen molar-refractivity contribution in [1.82, 2.24) is 4.98 Å². The molecule has 48 heavy (non-hydrogen) atoms. The Morgan fingerprint density at radius 2 is 0.896 bits per heavy atom. The summed E-state index contributed by atoms with van der Waals surface area (Å²) in [5.41, 5.74) is 5.24. The van der Waals surface area contributed by atoms with E-state index in [2.05, 4.69) is 21.1 Å². The molecule has 5 aromatic rings. The number of non-ortho nitro benzene ring substituents is 2. The first-order valence-electron chi connectivity index (χ1n) is 13.7. The number of hydrogen-bond donors (Lipinski definition) is 2. The topological polar surface area (TPSA) is 234 Å². The number of hydrogen-bond acceptors (Lipinski definition) is 13. The summed E-state index contributed by atoms with van der Waals surface area (Å²) >= 11 is 0. The van der Waals surface area contributed by atoms with Crippen LogP contribution < -0.4 is 10.9 Å². The van der Waals surface area contributed by atoms with Gasteiger partial charge in [0.25, 0.3) is 11.4 Å². The summed E-state index contributed by atoms with van der Waals surface area (Å²) in [6, 6.07) is 28.7. The van der Waals surface area contributed by atoms with Crippen LogP contribution in [0.25, 0.3) is 0 Å². The Labute approximate surface area is 269 Å². The van der Waals surface area contributed by atoms with Crippen LogP contribution in [0.5, 0.6) is 0 Å². The molecular weight excluding hydrogens is 626 g/mol. The number of pyridine rings is 1. The van der Waals surface area contributed by atoms with Gasteiger partial charge in [-0.3, -0.25) is 51.3 Å². The minimum absolute atomic E-state index is 0.101. The van der Waals surface area contributed by atoms with Gasteiger partial charge in [0.05, 0.1) is 43.2 Å². The zero-order valence-electron chi connectivity index (χ0n) is 24.4. The van der Waals surface area contributed by atoms with Crippen molar-refractivity contribution in [1.29, 1.82) is 0 Å². The van der Waals surface area contributed by atoms with Gasteiger partial charge in [-0.05, 0) is 24.3 Å². The van der Waals surface area contributed by atoms with Crippen LogP contribution in [-0.2, 0) is 0 Å². The number of nitrogens with one attached hydrogen (secondary N) is 2. The molecule has 17 nitrogen and oxygen atoms in total. The van der Waals surface area contributed by atoms with Crippen LogP contribution in [0.4, 0.5) is 34.1 Å². The SMILES string of the molecule is O=[N+]([O-])c1ccc(N/N=C(/c2ccccc2)c2cccc(/C(=N\Nc3ccc([N+](=O)[O-])cc3[N+](=O)[O-])c3ccccc3)n2)c([N+](=O)[O-])c1. The van der Waals surface area contributed by atoms with Crippen molar-refractivity contribution in [2.45, 2.75) is 0 Å². The fourth-order valence-electron chi connectivity index (χ4n) is 4.42. The highest BCUT2D eigenvalue weighted by Gasteiger charge is 2.22. The summed E-state index contributed by atoms with van der Waals surface area (Å²) in [4.78, 5) is 47.5. The maximum Gasteiger partial charge on any atom is 0.301 e. The number of benzene rings is 4. The van der Waals surface area contributed by atoms with E-state index in [-0.39, 0.29) is 22.8 Å². The molecule has 1 aromatic heterocycles. The van der Waals surface area contributed by atoms with Crippen LogP contribution >= 0.6 is 0 Å². The van der Waals surface area contributed by atoms with E-state index in [0.29, 0.717) is 22.5 Å². The van der Waals surface area contributed by atoms with Crippen LogP contribution in [0.2, 0.25) is 0 Å². The van der Waals surface area contributed by atoms with Crippen molar-refractivity contribution < 1.29 is 19.7 Å². The van der Waals surface area contributed by atoms with Gasteiger partial charge in [0.15, 0.2) is 0 Å². The van der Waals surface area contributed by atoms with Gasteiger partial charge in [-0.2, -0.15) is 10.2 Å². The summed E-state index contributed by atoms with van der Waals surface area (Å²) in [5.74, 6) is 0. The highest BCUT2D eigenvalue weighted by molar-refractivity contribution is 6.15. The smallest absolute Gasteiger partial charge is 0.271 e. The minimum Gasteiger partial charge on any atom is -0.271 e. The van der Waals surface area contributed by atoms with E-state index in [1.165, 1.54) is 12.1 Å². The lowest BCUT2D eigenvalue weighted by atomic mass is 10.0. The lowest BCUT2D eigenvalue weighted by molar-refractivity contribution is -0.393. The fourth-order valence-corrected chi connectivity index (χ4v) is 4.42. The second kappa shape index (κ2) is 14.1. The number of nitro groups is 4. The molecule has 0 fully saturated rings. The number of aromatic nitrogens is 1. The number of hydrazone groups is 2. The molecule has 0 atom stereocenters. The maximum absolute atomic E-state index is 11.7. The molecule has 0 spiro atoms. The zero-order chi connectivity index (χ0) is 34.2. The molecule has 0 amide bonds. The largest absolute Gasteiger partial charge is 0.301 e. The summed E-state index contributed by atoms with van der Waals surface area (Å²) in [6.07, 6.45) is 0. The van der Waals surface area contributed by atoms with Crippen molar-refractivity contribution in [2.24, 2.45) is 10.2 Å². The predicted molar refractivity (Wildman–Crippen MR) is 175 cm³/mol. The van der Waals surface area contributed by atoms with Crippen LogP contribution in [0.1, 0.15) is 22.5 Å². The van der Waals surface area contributed by atoms with E-state index < -0.39 is 42.4 Å². The third-order valence-electron chi connectivity index (χ3n) is 6.68. The van der Waals surface area contributed by atoms with Crippen LogP contribution in [0.3, 0.4) is 0 Å². The van der Waals surface area contributed by atoms with E-state index in [9.17, 15) is 40.5 Å². The molecule has 1 heterocycles. The second-order valence-corrected chi connectivity index (χ2v) is 9.72. The molecule has 0 aliphatic carbocycles. The summed E-state index contributed by atoms with van der Waals surface area (Å²) < 4.78 is 0. The van der Waals surface area contributed by atoms with Gasteiger partial charge in [-0.25, -0.2) is 4.98 Å². The third kappa shape index (κ3) is 7.26. The molecule has 0 saturated carbocycles. The fraction of sp³-hybridized carbons (Fsp3) is 0. The molecule has 0 saturated heterocycles. The van der Waals surface area contributed by atoms with Gasteiger partial charge in [0, 0.05) is 23.3 Å². The van der Waals surface area contributed by atoms with Crippen LogP contribution in [0, 0.1) is 40.5 Å². The van der Waals surface area contributed by atoms with Gasteiger partial charge < -0.3 is 0 Å². The highest BCUT2D eigenvalue weighted by Crippen LogP contribution is 2.30. The Kier molecular flexibility index (Phi) is 9.41. The molecule has 0 bridgehead atoms. The third-order valence-corrected chi connectivity index (χ3v) is 6.68. The molecule has 17 heteroatoms. The van der Waals surface area contributed by atoms with E-state index in [0.717, 1.165) is 24.3 Å². The molecule has 4 aromatic carbocycles. The highest BCUT2D eigenvalue weighted by atomic mass is 16.6. The van der Waals surface area contributed by atoms with Gasteiger partial charge in [-0.15, -0.1) is 0 Å². The predicted octanol–water partition coefficient (Wildman–Crippen LogP) is 6.44. The minimum atomic E-state index is -0.767. The van der Waals surface area contributed by atoms with Crippen molar-refractivity contribution in [3.63, 3.8) is 0 Å². The lowest BCUT2D eigenvalue weighted by Gasteiger charge is -2.12. The summed E-state index contributed by atoms with van der Waals surface area (Å²) in [5, 5.41) is 54.6. The maximum atomic E-state index is 11.7. The van der Waals surface area contributed by atoms with E-state index >= 15 is 0 Å². The number of rotatable bonds is 12. The quantitative estimate of drug-likeness (QED) is 0.0848. The Morgan fingerprint density at radius 1 is 0.500 bits per heavy atom. The van der Waals surface area contributed by atoms with E-state index in [1.807, 2.05) is 0 Å². The van der Waals surface area contributed by atoms with Crippen molar-refractivity contribution in [3.05, 3.63) is 178 Å². The average molecular weight is 648 g/mol. The van der Waals surface area contributed by atoms with Crippen molar-refractivity contribution in [2.75, 3.05) is 10.9 Å². The molecule has 0 unspecified atom stereocenters. The van der Waals surface area contributed by atoms with Crippen LogP contribution in [0.15, 0.2) is 125 Å². The zero-order valence-corrected chi connectivity index (χ0v) is 24.4. The van der Waals surface area contributed by atoms with E-state index in [1.54, 1.807) is 78.9 Å². The van der Waals surface area contributed by atoms with Gasteiger partial charge in [-0.1, -0.05) is 66.7 Å². The first-order valence-corrected chi connectivity index (χ1v) is 13.7. The molecule has 2 N–H and O–H groups in total. The monoisotopic (exact) mass is 647 g/mol.